The summed E-state index contributed by atoms with van der Waals surface area (Å²) in [5, 5.41) is 12.5. The lowest BCUT2D eigenvalue weighted by Crippen LogP contribution is -2.23. The average molecular weight is 277 g/mol. The highest BCUT2D eigenvalue weighted by atomic mass is 19.1. The fourth-order valence-corrected chi connectivity index (χ4v) is 2.20. The summed E-state index contributed by atoms with van der Waals surface area (Å²) in [7, 11) is 0. The van der Waals surface area contributed by atoms with E-state index >= 15 is 0 Å². The van der Waals surface area contributed by atoms with Crippen molar-refractivity contribution < 1.29 is 13.9 Å². The number of aromatic hydroxyl groups is 1. The zero-order valence-corrected chi connectivity index (χ0v) is 11.2. The number of likely N-dealkylation sites (N-methyl/N-ethyl adjacent to an activating group) is 1. The molecular weight excluding hydrogens is 260 g/mol. The number of benzene rings is 2. The van der Waals surface area contributed by atoms with Crippen molar-refractivity contribution in [2.45, 2.75) is 19.4 Å². The van der Waals surface area contributed by atoms with Gasteiger partial charge >= 0.3 is 0 Å². The van der Waals surface area contributed by atoms with Crippen molar-refractivity contribution >= 4 is 0 Å². The summed E-state index contributed by atoms with van der Waals surface area (Å²) in [5.41, 5.74) is 1.57. The summed E-state index contributed by atoms with van der Waals surface area (Å²) in [6.07, 6.45) is 0.594. The summed E-state index contributed by atoms with van der Waals surface area (Å²) in [4.78, 5) is 0. The van der Waals surface area contributed by atoms with E-state index in [0.29, 0.717) is 18.5 Å². The van der Waals surface area contributed by atoms with Crippen molar-refractivity contribution in [1.29, 1.82) is 0 Å². The van der Waals surface area contributed by atoms with Crippen LogP contribution in [-0.4, -0.2) is 11.7 Å². The van der Waals surface area contributed by atoms with Crippen LogP contribution in [0.1, 0.15) is 24.1 Å². The van der Waals surface area contributed by atoms with Crippen molar-refractivity contribution in [2.24, 2.45) is 0 Å². The molecule has 0 aromatic heterocycles. The van der Waals surface area contributed by atoms with E-state index in [1.165, 1.54) is 12.1 Å². The molecule has 2 N–H and O–H groups in total. The maximum Gasteiger partial charge on any atom is 0.126 e. The minimum Gasteiger partial charge on any atom is -0.508 e. The Balaban J connectivity index is 2.23. The Morgan fingerprint density at radius 2 is 1.65 bits per heavy atom. The molecule has 1 unspecified atom stereocenters. The largest absolute Gasteiger partial charge is 0.508 e. The van der Waals surface area contributed by atoms with Crippen molar-refractivity contribution in [3.8, 4) is 5.75 Å². The summed E-state index contributed by atoms with van der Waals surface area (Å²) in [6.45, 7) is 2.64. The molecular formula is C16H17F2NO. The Kier molecular flexibility index (Phi) is 4.69. The molecule has 4 heteroatoms. The molecule has 0 amide bonds. The Bertz CT molecular complexity index is 549. The third kappa shape index (κ3) is 3.78. The van der Waals surface area contributed by atoms with Crippen LogP contribution in [0.25, 0.3) is 0 Å². The predicted octanol–water partition coefficient (Wildman–Crippen LogP) is 3.56. The van der Waals surface area contributed by atoms with Crippen molar-refractivity contribution in [3.63, 3.8) is 0 Å². The molecule has 2 rings (SSSR count). The molecule has 2 nitrogen and oxygen atoms in total. The van der Waals surface area contributed by atoms with Gasteiger partial charge < -0.3 is 10.4 Å². The zero-order chi connectivity index (χ0) is 14.5. The topological polar surface area (TPSA) is 32.3 Å². The minimum absolute atomic E-state index is 0.172. The summed E-state index contributed by atoms with van der Waals surface area (Å²) in [6, 6.07) is 10.2. The van der Waals surface area contributed by atoms with E-state index in [4.69, 9.17) is 0 Å². The van der Waals surface area contributed by atoms with Gasteiger partial charge in [0.1, 0.15) is 17.4 Å². The lowest BCUT2D eigenvalue weighted by Gasteiger charge is -2.19. The molecule has 106 valence electrons. The first-order valence-corrected chi connectivity index (χ1v) is 6.55. The van der Waals surface area contributed by atoms with Gasteiger partial charge in [0.05, 0.1) is 0 Å². The lowest BCUT2D eigenvalue weighted by atomic mass is 9.98. The number of nitrogens with one attached hydrogen (secondary N) is 1. The average Bonchev–Trinajstić information content (AvgIpc) is 2.39. The number of halogens is 2. The summed E-state index contributed by atoms with van der Waals surface area (Å²) in [5.74, 6) is -0.951. The van der Waals surface area contributed by atoms with Gasteiger partial charge in [0, 0.05) is 12.1 Å². The van der Waals surface area contributed by atoms with Crippen LogP contribution in [-0.2, 0) is 6.42 Å². The zero-order valence-electron chi connectivity index (χ0n) is 11.2. The first-order valence-electron chi connectivity index (χ1n) is 6.55. The molecule has 2 aromatic rings. The van der Waals surface area contributed by atoms with Crippen molar-refractivity contribution in [3.05, 3.63) is 65.2 Å². The second-order valence-electron chi connectivity index (χ2n) is 4.68. The van der Waals surface area contributed by atoms with Gasteiger partial charge in [-0.25, -0.2) is 8.78 Å². The molecule has 0 saturated carbocycles. The molecule has 20 heavy (non-hydrogen) atoms. The van der Waals surface area contributed by atoms with Crippen molar-refractivity contribution in [2.75, 3.05) is 6.54 Å². The van der Waals surface area contributed by atoms with Gasteiger partial charge in [-0.05, 0) is 48.4 Å². The van der Waals surface area contributed by atoms with Gasteiger partial charge in [-0.15, -0.1) is 0 Å². The lowest BCUT2D eigenvalue weighted by molar-refractivity contribution is 0.474. The highest BCUT2D eigenvalue weighted by Gasteiger charge is 2.13. The third-order valence-corrected chi connectivity index (χ3v) is 3.11. The molecule has 0 aliphatic carbocycles. The molecule has 0 spiro atoms. The number of phenols is 1. The monoisotopic (exact) mass is 277 g/mol. The van der Waals surface area contributed by atoms with Gasteiger partial charge in [0.2, 0.25) is 0 Å². The van der Waals surface area contributed by atoms with Crippen LogP contribution in [0.3, 0.4) is 0 Å². The minimum atomic E-state index is -0.575. The van der Waals surface area contributed by atoms with Gasteiger partial charge in [0.25, 0.3) is 0 Å². The molecule has 2 aromatic carbocycles. The fraction of sp³-hybridized carbons (Fsp3) is 0.250. The maximum atomic E-state index is 13.3. The molecule has 0 fully saturated rings. The molecule has 0 saturated heterocycles. The van der Waals surface area contributed by atoms with E-state index in [-0.39, 0.29) is 11.8 Å². The van der Waals surface area contributed by atoms with Gasteiger partial charge in [-0.2, -0.15) is 0 Å². The molecule has 0 bridgehead atoms. The Morgan fingerprint density at radius 3 is 2.20 bits per heavy atom. The number of hydrogen-bond donors (Lipinski definition) is 2. The van der Waals surface area contributed by atoms with Crippen LogP contribution < -0.4 is 5.32 Å². The second kappa shape index (κ2) is 6.48. The van der Waals surface area contributed by atoms with E-state index in [1.54, 1.807) is 24.3 Å². The van der Waals surface area contributed by atoms with Crippen molar-refractivity contribution in [1.82, 2.24) is 5.32 Å². The van der Waals surface area contributed by atoms with Crippen LogP contribution in [0, 0.1) is 11.6 Å². The summed E-state index contributed by atoms with van der Waals surface area (Å²) < 4.78 is 26.6. The highest BCUT2D eigenvalue weighted by molar-refractivity contribution is 5.29. The van der Waals surface area contributed by atoms with Gasteiger partial charge in [0.15, 0.2) is 0 Å². The van der Waals surface area contributed by atoms with E-state index in [1.807, 2.05) is 6.92 Å². The Hall–Kier alpha value is -1.94. The molecule has 0 heterocycles. The Labute approximate surface area is 117 Å². The molecule has 0 radical (unpaired) electrons. The second-order valence-corrected chi connectivity index (χ2v) is 4.68. The van der Waals surface area contributed by atoms with Crippen LogP contribution in [0.4, 0.5) is 8.78 Å². The third-order valence-electron chi connectivity index (χ3n) is 3.11. The van der Waals surface area contributed by atoms with Crippen LogP contribution >= 0.6 is 0 Å². The number of phenolic OH excluding ortho intramolecular Hbond substituents is 1. The highest BCUT2D eigenvalue weighted by Crippen LogP contribution is 2.21. The smallest absolute Gasteiger partial charge is 0.126 e. The first-order chi connectivity index (χ1) is 9.58. The SMILES string of the molecule is CCNC(Cc1ccc(O)cc1)c1cc(F)cc(F)c1. The molecule has 1 atom stereocenters. The normalized spacial score (nSPS) is 12.3. The van der Waals surface area contributed by atoms with Gasteiger partial charge in [-0.1, -0.05) is 19.1 Å². The molecule has 0 aliphatic rings. The first kappa shape index (κ1) is 14.5. The predicted molar refractivity (Wildman–Crippen MR) is 74.6 cm³/mol. The number of rotatable bonds is 5. The fourth-order valence-electron chi connectivity index (χ4n) is 2.20. The van der Waals surface area contributed by atoms with E-state index in [9.17, 15) is 13.9 Å². The molecule has 0 aliphatic heterocycles. The Morgan fingerprint density at radius 1 is 1.05 bits per heavy atom. The van der Waals surface area contributed by atoms with E-state index in [0.717, 1.165) is 11.6 Å². The van der Waals surface area contributed by atoms with Crippen LogP contribution in [0.15, 0.2) is 42.5 Å². The van der Waals surface area contributed by atoms with E-state index < -0.39 is 11.6 Å². The quantitative estimate of drug-likeness (QED) is 0.875. The standard InChI is InChI=1S/C16H17F2NO/c1-2-19-16(7-11-3-5-15(20)6-4-11)12-8-13(17)10-14(18)9-12/h3-6,8-10,16,19-20H,2,7H2,1H3. The van der Waals surface area contributed by atoms with Gasteiger partial charge in [-0.3, -0.25) is 0 Å². The van der Waals surface area contributed by atoms with Crippen LogP contribution in [0.5, 0.6) is 5.75 Å². The number of hydrogen-bond acceptors (Lipinski definition) is 2. The van der Waals surface area contributed by atoms with E-state index in [2.05, 4.69) is 5.32 Å². The van der Waals surface area contributed by atoms with Crippen LogP contribution in [0.2, 0.25) is 0 Å². The maximum absolute atomic E-state index is 13.3. The summed E-state index contributed by atoms with van der Waals surface area (Å²) >= 11 is 0.